The molecule has 0 radical (unpaired) electrons. The first kappa shape index (κ1) is 30.8. The van der Waals surface area contributed by atoms with Gasteiger partial charge in [0.1, 0.15) is 18.5 Å². The van der Waals surface area contributed by atoms with E-state index in [0.717, 1.165) is 58.0 Å². The third-order valence-electron chi connectivity index (χ3n) is 8.09. The standard InChI is InChI=1S/C32H43F4NO3/c1-3-5-9-17-38-18-10-7-8-11-23-14-13-22-19-25(30(33)31(34)29(22)32(23,35)36)26-16-15-24(20-37-26)39-21-28-27(40-28)12-6-4-2/h15-16,19-20,23,27-28H,3-14,17-18,21H2,1-2H3. The van der Waals surface area contributed by atoms with Gasteiger partial charge in [-0.05, 0) is 62.3 Å². The molecule has 2 heterocycles. The maximum absolute atomic E-state index is 15.4. The van der Waals surface area contributed by atoms with E-state index < -0.39 is 29.0 Å². The van der Waals surface area contributed by atoms with Crippen molar-refractivity contribution in [1.82, 2.24) is 4.98 Å². The number of epoxide rings is 1. The van der Waals surface area contributed by atoms with Crippen molar-refractivity contribution >= 4 is 0 Å². The molecule has 0 spiro atoms. The predicted octanol–water partition coefficient (Wildman–Crippen LogP) is 8.78. The molecule has 222 valence electrons. The number of aryl methyl sites for hydroxylation is 1. The normalized spacial score (nSPS) is 21.3. The number of halogens is 4. The second-order valence-electron chi connectivity index (χ2n) is 11.2. The molecular formula is C32H43F4NO3. The van der Waals surface area contributed by atoms with Crippen LogP contribution in [0.1, 0.15) is 95.6 Å². The van der Waals surface area contributed by atoms with Crippen LogP contribution in [0, 0.1) is 17.6 Å². The summed E-state index contributed by atoms with van der Waals surface area (Å²) in [5.41, 5.74) is -0.563. The highest BCUT2D eigenvalue weighted by Crippen LogP contribution is 2.49. The number of pyridine rings is 1. The summed E-state index contributed by atoms with van der Waals surface area (Å²) < 4.78 is 78.1. The van der Waals surface area contributed by atoms with Crippen LogP contribution in [-0.4, -0.2) is 37.0 Å². The maximum Gasteiger partial charge on any atom is 0.279 e. The summed E-state index contributed by atoms with van der Waals surface area (Å²) >= 11 is 0. The Kier molecular flexibility index (Phi) is 11.2. The lowest BCUT2D eigenvalue weighted by Crippen LogP contribution is -2.33. The Balaban J connectivity index is 1.32. The van der Waals surface area contributed by atoms with Gasteiger partial charge in [-0.25, -0.2) is 17.6 Å². The molecule has 0 N–H and O–H groups in total. The van der Waals surface area contributed by atoms with E-state index in [0.29, 0.717) is 25.4 Å². The molecule has 0 saturated carbocycles. The number of hydrogen-bond donors (Lipinski definition) is 0. The number of rotatable bonds is 17. The van der Waals surface area contributed by atoms with Crippen LogP contribution in [-0.2, 0) is 21.8 Å². The van der Waals surface area contributed by atoms with Crippen molar-refractivity contribution in [2.24, 2.45) is 5.92 Å². The predicted molar refractivity (Wildman–Crippen MR) is 148 cm³/mol. The van der Waals surface area contributed by atoms with Gasteiger partial charge in [0.15, 0.2) is 11.6 Å². The molecule has 2 aromatic rings. The van der Waals surface area contributed by atoms with E-state index in [2.05, 4.69) is 18.8 Å². The Labute approximate surface area is 235 Å². The van der Waals surface area contributed by atoms with E-state index in [4.69, 9.17) is 14.2 Å². The van der Waals surface area contributed by atoms with Crippen molar-refractivity contribution in [3.05, 3.63) is 47.2 Å². The lowest BCUT2D eigenvalue weighted by Gasteiger charge is -2.34. The molecule has 0 bridgehead atoms. The first-order chi connectivity index (χ1) is 19.4. The Morgan fingerprint density at radius 3 is 2.42 bits per heavy atom. The van der Waals surface area contributed by atoms with Gasteiger partial charge in [0.05, 0.1) is 23.6 Å². The van der Waals surface area contributed by atoms with Crippen molar-refractivity contribution in [2.75, 3.05) is 19.8 Å². The minimum absolute atomic E-state index is 0.0678. The fraction of sp³-hybridized carbons (Fsp3) is 0.656. The molecule has 40 heavy (non-hydrogen) atoms. The fourth-order valence-corrected chi connectivity index (χ4v) is 5.58. The molecule has 3 atom stereocenters. The summed E-state index contributed by atoms with van der Waals surface area (Å²) in [6, 6.07) is 4.50. The topological polar surface area (TPSA) is 43.9 Å². The van der Waals surface area contributed by atoms with Gasteiger partial charge in [-0.1, -0.05) is 52.4 Å². The number of alkyl halides is 2. The minimum atomic E-state index is -3.42. The summed E-state index contributed by atoms with van der Waals surface area (Å²) in [7, 11) is 0. The van der Waals surface area contributed by atoms with Gasteiger partial charge < -0.3 is 14.2 Å². The van der Waals surface area contributed by atoms with Crippen molar-refractivity contribution < 1.29 is 31.8 Å². The molecule has 1 aliphatic heterocycles. The van der Waals surface area contributed by atoms with Gasteiger partial charge in [0, 0.05) is 24.7 Å². The van der Waals surface area contributed by atoms with Gasteiger partial charge in [-0.15, -0.1) is 0 Å². The first-order valence-electron chi connectivity index (χ1n) is 15.1. The molecule has 3 unspecified atom stereocenters. The molecule has 1 fully saturated rings. The smallest absolute Gasteiger partial charge is 0.279 e. The zero-order valence-corrected chi connectivity index (χ0v) is 23.8. The number of nitrogens with zero attached hydrogens (tertiary/aromatic N) is 1. The Hall–Kier alpha value is -2.19. The van der Waals surface area contributed by atoms with Gasteiger partial charge in [-0.3, -0.25) is 4.98 Å². The molecule has 1 aliphatic carbocycles. The van der Waals surface area contributed by atoms with Crippen LogP contribution >= 0.6 is 0 Å². The molecular weight excluding hydrogens is 522 g/mol. The fourth-order valence-electron chi connectivity index (χ4n) is 5.58. The molecule has 8 heteroatoms. The van der Waals surface area contributed by atoms with Gasteiger partial charge in [0.2, 0.25) is 0 Å². The summed E-state index contributed by atoms with van der Waals surface area (Å²) in [5, 5.41) is 0. The van der Waals surface area contributed by atoms with E-state index in [1.807, 2.05) is 0 Å². The van der Waals surface area contributed by atoms with Crippen LogP contribution in [0.5, 0.6) is 5.75 Å². The molecule has 2 aliphatic rings. The van der Waals surface area contributed by atoms with Crippen LogP contribution in [0.4, 0.5) is 17.6 Å². The number of ether oxygens (including phenoxy) is 3. The third kappa shape index (κ3) is 7.75. The molecule has 4 rings (SSSR count). The lowest BCUT2D eigenvalue weighted by atomic mass is 9.77. The zero-order valence-electron chi connectivity index (χ0n) is 23.8. The van der Waals surface area contributed by atoms with Crippen molar-refractivity contribution in [3.63, 3.8) is 0 Å². The highest BCUT2D eigenvalue weighted by atomic mass is 19.3. The quantitative estimate of drug-likeness (QED) is 0.109. The second-order valence-corrected chi connectivity index (χ2v) is 11.2. The SMILES string of the molecule is CCCCCOCCCCCC1CCc2cc(-c3ccc(OCC4OC4CCCC)cn3)c(F)c(F)c2C1(F)F. The van der Waals surface area contributed by atoms with Gasteiger partial charge in [-0.2, -0.15) is 0 Å². The number of fused-ring (bicyclic) bond motifs is 1. The molecule has 1 aromatic carbocycles. The van der Waals surface area contributed by atoms with E-state index >= 15 is 17.6 Å². The van der Waals surface area contributed by atoms with Crippen molar-refractivity contribution in [1.29, 1.82) is 0 Å². The largest absolute Gasteiger partial charge is 0.489 e. The minimum Gasteiger partial charge on any atom is -0.489 e. The molecule has 1 saturated heterocycles. The number of aromatic nitrogens is 1. The second kappa shape index (κ2) is 14.6. The first-order valence-corrected chi connectivity index (χ1v) is 15.1. The van der Waals surface area contributed by atoms with Crippen LogP contribution < -0.4 is 4.74 Å². The van der Waals surface area contributed by atoms with E-state index in [-0.39, 0.29) is 48.3 Å². The molecule has 0 amide bonds. The van der Waals surface area contributed by atoms with Gasteiger partial charge >= 0.3 is 0 Å². The van der Waals surface area contributed by atoms with E-state index in [1.54, 1.807) is 6.07 Å². The van der Waals surface area contributed by atoms with Crippen molar-refractivity contribution in [3.8, 4) is 17.0 Å². The van der Waals surface area contributed by atoms with E-state index in [9.17, 15) is 0 Å². The number of benzene rings is 1. The van der Waals surface area contributed by atoms with E-state index in [1.165, 1.54) is 18.3 Å². The Bertz CT molecular complexity index is 1080. The van der Waals surface area contributed by atoms with Gasteiger partial charge in [0.25, 0.3) is 5.92 Å². The van der Waals surface area contributed by atoms with Crippen molar-refractivity contribution in [2.45, 2.75) is 109 Å². The zero-order chi connectivity index (χ0) is 28.5. The number of hydrogen-bond acceptors (Lipinski definition) is 4. The van der Waals surface area contributed by atoms with Crippen LogP contribution in [0.3, 0.4) is 0 Å². The Morgan fingerprint density at radius 1 is 0.925 bits per heavy atom. The summed E-state index contributed by atoms with van der Waals surface area (Å²) in [4.78, 5) is 4.23. The maximum atomic E-state index is 15.4. The lowest BCUT2D eigenvalue weighted by molar-refractivity contribution is -0.0823. The summed E-state index contributed by atoms with van der Waals surface area (Å²) in [6.07, 6.45) is 11.3. The highest BCUT2D eigenvalue weighted by molar-refractivity contribution is 5.63. The monoisotopic (exact) mass is 565 g/mol. The molecule has 4 nitrogen and oxygen atoms in total. The highest BCUT2D eigenvalue weighted by Gasteiger charge is 2.48. The summed E-state index contributed by atoms with van der Waals surface area (Å²) in [5.74, 6) is -6.68. The average Bonchev–Trinajstić information content (AvgIpc) is 3.71. The van der Waals surface area contributed by atoms with Crippen LogP contribution in [0.15, 0.2) is 24.4 Å². The molecule has 1 aromatic heterocycles. The average molecular weight is 566 g/mol. The van der Waals surface area contributed by atoms with Crippen LogP contribution in [0.25, 0.3) is 11.3 Å². The third-order valence-corrected chi connectivity index (χ3v) is 8.09. The number of unbranched alkanes of at least 4 members (excludes halogenated alkanes) is 5. The summed E-state index contributed by atoms with van der Waals surface area (Å²) in [6.45, 7) is 6.04. The Morgan fingerprint density at radius 2 is 1.70 bits per heavy atom. The van der Waals surface area contributed by atoms with Crippen LogP contribution in [0.2, 0.25) is 0 Å².